The van der Waals surface area contributed by atoms with Crippen LogP contribution in [0.4, 0.5) is 4.39 Å². The average Bonchev–Trinajstić information content (AvgIpc) is 2.42. The van der Waals surface area contributed by atoms with Crippen LogP contribution in [-0.2, 0) is 11.3 Å². The summed E-state index contributed by atoms with van der Waals surface area (Å²) in [5.41, 5.74) is 0.544. The summed E-state index contributed by atoms with van der Waals surface area (Å²) >= 11 is 6.06. The topological polar surface area (TPSA) is 35.6 Å². The van der Waals surface area contributed by atoms with Gasteiger partial charge in [-0.25, -0.2) is 4.39 Å². The van der Waals surface area contributed by atoms with Crippen molar-refractivity contribution in [2.75, 3.05) is 39.3 Å². The zero-order valence-corrected chi connectivity index (χ0v) is 13.8. The quantitative estimate of drug-likeness (QED) is 0.904. The molecule has 0 unspecified atom stereocenters. The van der Waals surface area contributed by atoms with E-state index in [1.54, 1.807) is 12.1 Å². The number of carbonyl (C=O) groups is 1. The number of piperazine rings is 1. The Kier molecular flexibility index (Phi) is 6.03. The Labute approximate surface area is 141 Å². The number of benzene rings is 1. The van der Waals surface area contributed by atoms with E-state index in [0.717, 1.165) is 26.2 Å². The molecule has 3 rings (SSSR count). The molecule has 1 aromatic rings. The number of hydrogen-bond acceptors (Lipinski definition) is 3. The second kappa shape index (κ2) is 7.59. The van der Waals surface area contributed by atoms with E-state index in [0.29, 0.717) is 30.2 Å². The lowest BCUT2D eigenvalue weighted by molar-refractivity contribution is -0.138. The summed E-state index contributed by atoms with van der Waals surface area (Å²) in [6.45, 7) is 5.03. The molecule has 1 aromatic carbocycles. The fourth-order valence-electron chi connectivity index (χ4n) is 2.75. The van der Waals surface area contributed by atoms with Crippen molar-refractivity contribution >= 4 is 29.9 Å². The number of nitrogens with zero attached hydrogens (tertiary/aromatic N) is 2. The molecule has 1 N–H and O–H groups in total. The molecular weight excluding hydrogens is 328 g/mol. The molecule has 1 amide bonds. The summed E-state index contributed by atoms with van der Waals surface area (Å²) < 4.78 is 13.8. The molecule has 2 saturated heterocycles. The maximum atomic E-state index is 13.8. The first kappa shape index (κ1) is 17.5. The molecule has 7 heteroatoms. The van der Waals surface area contributed by atoms with Gasteiger partial charge < -0.3 is 10.2 Å². The third-order valence-electron chi connectivity index (χ3n) is 4.26. The van der Waals surface area contributed by atoms with Gasteiger partial charge in [0.2, 0.25) is 5.91 Å². The van der Waals surface area contributed by atoms with Gasteiger partial charge in [-0.2, -0.15) is 0 Å². The second-order valence-electron chi connectivity index (χ2n) is 5.66. The van der Waals surface area contributed by atoms with Crippen molar-refractivity contribution in [2.24, 2.45) is 5.92 Å². The zero-order chi connectivity index (χ0) is 14.8. The van der Waals surface area contributed by atoms with Crippen LogP contribution in [0.15, 0.2) is 18.2 Å². The molecule has 2 aliphatic rings. The van der Waals surface area contributed by atoms with Crippen molar-refractivity contribution in [1.82, 2.24) is 15.1 Å². The van der Waals surface area contributed by atoms with Crippen molar-refractivity contribution in [3.63, 3.8) is 0 Å². The molecule has 2 aliphatic heterocycles. The summed E-state index contributed by atoms with van der Waals surface area (Å²) in [5.74, 6) is 0.136. The van der Waals surface area contributed by atoms with Crippen LogP contribution in [0.3, 0.4) is 0 Å². The number of carbonyl (C=O) groups excluding carboxylic acids is 1. The number of amides is 1. The van der Waals surface area contributed by atoms with Gasteiger partial charge in [-0.1, -0.05) is 17.7 Å². The zero-order valence-electron chi connectivity index (χ0n) is 12.2. The number of hydrogen-bond donors (Lipinski definition) is 1. The number of nitrogens with one attached hydrogen (secondary N) is 1. The van der Waals surface area contributed by atoms with Crippen LogP contribution in [-0.4, -0.2) is 55.0 Å². The molecule has 22 heavy (non-hydrogen) atoms. The Morgan fingerprint density at radius 3 is 2.50 bits per heavy atom. The first-order valence-corrected chi connectivity index (χ1v) is 7.67. The molecule has 0 radical (unpaired) electrons. The first-order chi connectivity index (χ1) is 10.1. The van der Waals surface area contributed by atoms with Crippen LogP contribution < -0.4 is 5.32 Å². The highest BCUT2D eigenvalue weighted by atomic mass is 35.5. The molecule has 0 bridgehead atoms. The van der Waals surface area contributed by atoms with Crippen LogP contribution in [0, 0.1) is 11.7 Å². The molecule has 4 nitrogen and oxygen atoms in total. The Balaban J connectivity index is 0.00000176. The lowest BCUT2D eigenvalue weighted by Gasteiger charge is -2.38. The lowest BCUT2D eigenvalue weighted by atomic mass is 10.0. The summed E-state index contributed by atoms with van der Waals surface area (Å²) in [6, 6.07) is 4.76. The Bertz CT molecular complexity index is 511. The maximum absolute atomic E-state index is 13.8. The fourth-order valence-corrected chi connectivity index (χ4v) is 2.98. The lowest BCUT2D eigenvalue weighted by Crippen LogP contribution is -2.56. The largest absolute Gasteiger partial charge is 0.340 e. The Morgan fingerprint density at radius 1 is 1.27 bits per heavy atom. The van der Waals surface area contributed by atoms with E-state index < -0.39 is 0 Å². The van der Waals surface area contributed by atoms with Gasteiger partial charge in [0, 0.05) is 56.4 Å². The van der Waals surface area contributed by atoms with Crippen LogP contribution in [0.5, 0.6) is 0 Å². The highest BCUT2D eigenvalue weighted by Gasteiger charge is 2.31. The number of halogens is 3. The normalized spacial score (nSPS) is 19.5. The molecular formula is C15H20Cl2FN3O. The Hall–Kier alpha value is -0.880. The van der Waals surface area contributed by atoms with E-state index in [1.165, 1.54) is 6.07 Å². The highest BCUT2D eigenvalue weighted by Crippen LogP contribution is 2.21. The van der Waals surface area contributed by atoms with Crippen molar-refractivity contribution in [2.45, 2.75) is 6.54 Å². The minimum absolute atomic E-state index is 0. The van der Waals surface area contributed by atoms with Crippen LogP contribution in [0.25, 0.3) is 0 Å². The molecule has 2 fully saturated rings. The summed E-state index contributed by atoms with van der Waals surface area (Å²) in [6.07, 6.45) is 0. The predicted molar refractivity (Wildman–Crippen MR) is 86.9 cm³/mol. The van der Waals surface area contributed by atoms with Crippen molar-refractivity contribution in [3.05, 3.63) is 34.6 Å². The van der Waals surface area contributed by atoms with Gasteiger partial charge >= 0.3 is 0 Å². The van der Waals surface area contributed by atoms with Crippen molar-refractivity contribution in [1.29, 1.82) is 0 Å². The standard InChI is InChI=1S/C15H19ClFN3O.ClH/c16-13-2-1-3-14(17)12(13)10-19-4-6-20(7-5-19)15(21)11-8-18-9-11;/h1-3,11,18H,4-10H2;1H. The van der Waals surface area contributed by atoms with E-state index in [4.69, 9.17) is 11.6 Å². The second-order valence-corrected chi connectivity index (χ2v) is 6.06. The molecule has 122 valence electrons. The molecule has 0 saturated carbocycles. The maximum Gasteiger partial charge on any atom is 0.228 e. The summed E-state index contributed by atoms with van der Waals surface area (Å²) in [5, 5.41) is 3.59. The van der Waals surface area contributed by atoms with E-state index in [1.807, 2.05) is 4.90 Å². The van der Waals surface area contributed by atoms with Gasteiger partial charge in [-0.05, 0) is 12.1 Å². The van der Waals surface area contributed by atoms with E-state index in [-0.39, 0.29) is 30.0 Å². The van der Waals surface area contributed by atoms with Crippen molar-refractivity contribution in [3.8, 4) is 0 Å². The summed E-state index contributed by atoms with van der Waals surface area (Å²) in [4.78, 5) is 16.2. The van der Waals surface area contributed by atoms with Gasteiger partial charge in [-0.15, -0.1) is 12.4 Å². The van der Waals surface area contributed by atoms with Gasteiger partial charge in [0.15, 0.2) is 0 Å². The molecule has 2 heterocycles. The SMILES string of the molecule is Cl.O=C(C1CNC1)N1CCN(Cc2c(F)cccc2Cl)CC1. The van der Waals surface area contributed by atoms with E-state index in [2.05, 4.69) is 10.2 Å². The molecule has 0 spiro atoms. The average molecular weight is 348 g/mol. The minimum atomic E-state index is -0.262. The van der Waals surface area contributed by atoms with Gasteiger partial charge in [0.1, 0.15) is 5.82 Å². The first-order valence-electron chi connectivity index (χ1n) is 7.30. The molecule has 0 aromatic heterocycles. The van der Waals surface area contributed by atoms with Gasteiger partial charge in [-0.3, -0.25) is 9.69 Å². The van der Waals surface area contributed by atoms with Crippen molar-refractivity contribution < 1.29 is 9.18 Å². The predicted octanol–water partition coefficient (Wildman–Crippen LogP) is 1.76. The van der Waals surface area contributed by atoms with Crippen LogP contribution in [0.1, 0.15) is 5.56 Å². The third-order valence-corrected chi connectivity index (χ3v) is 4.61. The van der Waals surface area contributed by atoms with Gasteiger partial charge in [0.25, 0.3) is 0 Å². The highest BCUT2D eigenvalue weighted by molar-refractivity contribution is 6.31. The van der Waals surface area contributed by atoms with E-state index in [9.17, 15) is 9.18 Å². The fraction of sp³-hybridized carbons (Fsp3) is 0.533. The van der Waals surface area contributed by atoms with Gasteiger partial charge in [0.05, 0.1) is 5.92 Å². The monoisotopic (exact) mass is 347 g/mol. The summed E-state index contributed by atoms with van der Waals surface area (Å²) in [7, 11) is 0. The molecule has 0 aliphatic carbocycles. The Morgan fingerprint density at radius 2 is 1.95 bits per heavy atom. The van der Waals surface area contributed by atoms with Crippen LogP contribution >= 0.6 is 24.0 Å². The third kappa shape index (κ3) is 3.71. The molecule has 0 atom stereocenters. The minimum Gasteiger partial charge on any atom is -0.340 e. The smallest absolute Gasteiger partial charge is 0.228 e. The van der Waals surface area contributed by atoms with Crippen LogP contribution in [0.2, 0.25) is 5.02 Å². The van der Waals surface area contributed by atoms with E-state index >= 15 is 0 Å². The number of rotatable bonds is 3.